The minimum absolute atomic E-state index is 0.0867. The quantitative estimate of drug-likeness (QED) is 0.113. The van der Waals surface area contributed by atoms with Crippen LogP contribution in [0.25, 0.3) is 0 Å². The van der Waals surface area contributed by atoms with Gasteiger partial charge in [0.15, 0.2) is 11.9 Å². The van der Waals surface area contributed by atoms with E-state index in [4.69, 9.17) is 4.74 Å². The third-order valence-corrected chi connectivity index (χ3v) is 6.16. The number of amides is 4. The van der Waals surface area contributed by atoms with Crippen molar-refractivity contribution in [2.24, 2.45) is 5.16 Å². The van der Waals surface area contributed by atoms with Crippen LogP contribution in [0.15, 0.2) is 41.8 Å². The monoisotopic (exact) mass is 535 g/mol. The first-order valence-corrected chi connectivity index (χ1v) is 12.4. The van der Waals surface area contributed by atoms with E-state index < -0.39 is 18.0 Å². The molecular formula is C27H33N7O5. The molecule has 12 heteroatoms. The summed E-state index contributed by atoms with van der Waals surface area (Å²) in [5.74, 6) is 6.11. The van der Waals surface area contributed by atoms with Gasteiger partial charge in [0.25, 0.3) is 11.8 Å². The zero-order chi connectivity index (χ0) is 28.4. The summed E-state index contributed by atoms with van der Waals surface area (Å²) >= 11 is 0. The van der Waals surface area contributed by atoms with Gasteiger partial charge in [-0.2, -0.15) is 0 Å². The number of nitrogens with one attached hydrogen (secondary N) is 3. The number of likely N-dealkylation sites (N-methyl/N-ethyl adjacent to an activating group) is 1. The van der Waals surface area contributed by atoms with Crippen molar-refractivity contribution in [1.29, 1.82) is 0 Å². The summed E-state index contributed by atoms with van der Waals surface area (Å²) in [4.78, 5) is 42.4. The van der Waals surface area contributed by atoms with Crippen LogP contribution >= 0.6 is 0 Å². The molecule has 1 aromatic heterocycles. The van der Waals surface area contributed by atoms with Crippen molar-refractivity contribution < 1.29 is 24.3 Å². The van der Waals surface area contributed by atoms with Crippen molar-refractivity contribution in [3.8, 4) is 17.6 Å². The van der Waals surface area contributed by atoms with Crippen molar-refractivity contribution in [3.05, 3.63) is 58.9 Å². The molecule has 4 N–H and O–H groups in total. The molecule has 4 amide bonds. The van der Waals surface area contributed by atoms with Crippen molar-refractivity contribution in [2.45, 2.75) is 19.4 Å². The van der Waals surface area contributed by atoms with Crippen molar-refractivity contribution in [2.75, 3.05) is 47.4 Å². The maximum atomic E-state index is 11.5. The Morgan fingerprint density at radius 1 is 1.21 bits per heavy atom. The second-order valence-corrected chi connectivity index (χ2v) is 8.95. The normalized spacial score (nSPS) is 17.5. The molecule has 0 saturated carbocycles. The third-order valence-electron chi connectivity index (χ3n) is 6.16. The maximum Gasteiger partial charge on any atom is 0.322 e. The van der Waals surface area contributed by atoms with E-state index in [1.165, 1.54) is 0 Å². The van der Waals surface area contributed by atoms with Gasteiger partial charge in [-0.25, -0.2) is 4.79 Å². The number of imide groups is 1. The van der Waals surface area contributed by atoms with Gasteiger partial charge in [0.2, 0.25) is 0 Å². The number of carbonyl (C=O) groups excluding carboxylic acids is 3. The second kappa shape index (κ2) is 13.8. The molecule has 12 nitrogen and oxygen atoms in total. The van der Waals surface area contributed by atoms with Gasteiger partial charge in [-0.15, -0.1) is 0 Å². The van der Waals surface area contributed by atoms with Gasteiger partial charge in [0.1, 0.15) is 5.75 Å². The fourth-order valence-corrected chi connectivity index (χ4v) is 3.97. The number of aromatic nitrogens is 1. The molecule has 39 heavy (non-hydrogen) atoms. The molecule has 0 unspecified atom stereocenters. The molecule has 2 saturated heterocycles. The Balaban J connectivity index is 0.000000272. The molecule has 1 atom stereocenters. The van der Waals surface area contributed by atoms with Gasteiger partial charge in [-0.3, -0.25) is 19.9 Å². The summed E-state index contributed by atoms with van der Waals surface area (Å²) in [5, 5.41) is 20.1. The lowest BCUT2D eigenvalue weighted by Crippen LogP contribution is -2.35. The van der Waals surface area contributed by atoms with E-state index in [1.54, 1.807) is 38.7 Å². The first-order valence-electron chi connectivity index (χ1n) is 12.4. The minimum Gasteiger partial charge on any atom is -0.497 e. The number of oxime groups is 1. The first kappa shape index (κ1) is 28.9. The number of hydrogen-bond acceptors (Lipinski definition) is 8. The molecule has 0 radical (unpaired) electrons. The Morgan fingerprint density at radius 3 is 2.67 bits per heavy atom. The van der Waals surface area contributed by atoms with Crippen LogP contribution in [0.4, 0.5) is 4.79 Å². The molecule has 2 aliphatic rings. The molecular weight excluding hydrogens is 502 g/mol. The number of amidine groups is 1. The minimum atomic E-state index is -0.877. The smallest absolute Gasteiger partial charge is 0.322 e. The SMILES string of the molecule is CN1CCCN(/C(=N\O)c2cncc(C#C[C@@H]3NC(=O)NC3=O)c2)CC1.CNC(=O)c1cc(OC)ccc1C. The molecule has 4 rings (SSSR count). The fraction of sp³-hybridized carbons (Fsp3) is 0.370. The summed E-state index contributed by atoms with van der Waals surface area (Å²) in [7, 11) is 5.26. The Morgan fingerprint density at radius 2 is 2.00 bits per heavy atom. The van der Waals surface area contributed by atoms with Gasteiger partial charge >= 0.3 is 6.03 Å². The van der Waals surface area contributed by atoms with Crippen molar-refractivity contribution in [1.82, 2.24) is 30.7 Å². The molecule has 2 aromatic rings. The topological polar surface area (TPSA) is 148 Å². The Bertz CT molecular complexity index is 1300. The van der Waals surface area contributed by atoms with Crippen LogP contribution in [-0.4, -0.2) is 97.1 Å². The average molecular weight is 536 g/mol. The highest BCUT2D eigenvalue weighted by Gasteiger charge is 2.27. The number of nitrogens with zero attached hydrogens (tertiary/aromatic N) is 4. The van der Waals surface area contributed by atoms with Crippen LogP contribution in [-0.2, 0) is 4.79 Å². The van der Waals surface area contributed by atoms with E-state index in [1.807, 2.05) is 24.0 Å². The summed E-state index contributed by atoms with van der Waals surface area (Å²) in [6, 6.07) is 5.75. The number of hydrogen-bond donors (Lipinski definition) is 4. The van der Waals surface area contributed by atoms with Gasteiger partial charge in [0, 0.05) is 55.8 Å². The zero-order valence-electron chi connectivity index (χ0n) is 22.4. The second-order valence-electron chi connectivity index (χ2n) is 8.95. The standard InChI is InChI=1S/C17H20N6O3.C10H13NO2/c1-22-5-2-6-23(8-7-22)15(21-26)13-9-12(10-18-11-13)3-4-14-16(24)20-17(25)19-14;1-7-4-5-8(13-3)6-9(7)10(12)11-2/h9-11,14,26H,2,5-8H2,1H3,(H2,19,20,24,25);4-6H,1-3H3,(H,11,12)/b21-15-;/t14-;/m0./s1. The molecule has 3 heterocycles. The predicted molar refractivity (Wildman–Crippen MR) is 145 cm³/mol. The van der Waals surface area contributed by atoms with E-state index in [9.17, 15) is 19.6 Å². The average Bonchev–Trinajstić information content (AvgIpc) is 3.11. The van der Waals surface area contributed by atoms with Gasteiger partial charge in [0.05, 0.1) is 7.11 Å². The fourth-order valence-electron chi connectivity index (χ4n) is 3.97. The maximum absolute atomic E-state index is 11.5. The number of pyridine rings is 1. The van der Waals surface area contributed by atoms with E-state index in [0.29, 0.717) is 28.3 Å². The van der Waals surface area contributed by atoms with E-state index >= 15 is 0 Å². The number of carbonyl (C=O) groups is 3. The van der Waals surface area contributed by atoms with Crippen LogP contribution in [0.1, 0.15) is 33.5 Å². The molecule has 2 fully saturated rings. The highest BCUT2D eigenvalue weighted by atomic mass is 16.5. The summed E-state index contributed by atoms with van der Waals surface area (Å²) in [6.45, 7) is 5.30. The number of urea groups is 1. The molecule has 206 valence electrons. The number of methoxy groups -OCH3 is 1. The molecule has 0 aliphatic carbocycles. The largest absolute Gasteiger partial charge is 0.497 e. The molecule has 0 bridgehead atoms. The van der Waals surface area contributed by atoms with Crippen LogP contribution < -0.4 is 20.7 Å². The van der Waals surface area contributed by atoms with Crippen LogP contribution in [0.5, 0.6) is 5.75 Å². The van der Waals surface area contributed by atoms with Gasteiger partial charge < -0.3 is 30.4 Å². The highest BCUT2D eigenvalue weighted by Crippen LogP contribution is 2.16. The number of benzene rings is 1. The Hall–Kier alpha value is -4.63. The number of rotatable bonds is 3. The van der Waals surface area contributed by atoms with E-state index in [0.717, 1.165) is 38.2 Å². The van der Waals surface area contributed by atoms with E-state index in [2.05, 4.69) is 49.9 Å². The van der Waals surface area contributed by atoms with Crippen LogP contribution in [0.2, 0.25) is 0 Å². The predicted octanol–water partition coefficient (Wildman–Crippen LogP) is 0.778. The molecule has 0 spiro atoms. The Labute approximate surface area is 227 Å². The number of ether oxygens (including phenoxy) is 1. The summed E-state index contributed by atoms with van der Waals surface area (Å²) in [6.07, 6.45) is 4.13. The van der Waals surface area contributed by atoms with E-state index in [-0.39, 0.29) is 5.91 Å². The number of aryl methyl sites for hydroxylation is 1. The highest BCUT2D eigenvalue weighted by molar-refractivity contribution is 6.06. The zero-order valence-corrected chi connectivity index (χ0v) is 22.4. The lowest BCUT2D eigenvalue weighted by molar-refractivity contribution is -0.119. The lowest BCUT2D eigenvalue weighted by atomic mass is 10.1. The molecule has 2 aliphatic heterocycles. The first-order chi connectivity index (χ1) is 18.7. The molecule has 1 aromatic carbocycles. The summed E-state index contributed by atoms with van der Waals surface area (Å²) < 4.78 is 5.02. The van der Waals surface area contributed by atoms with Gasteiger partial charge in [-0.05, 0) is 50.7 Å². The van der Waals surface area contributed by atoms with Crippen molar-refractivity contribution >= 4 is 23.7 Å². The van der Waals surface area contributed by atoms with Crippen molar-refractivity contribution in [3.63, 3.8) is 0 Å². The van der Waals surface area contributed by atoms with Crippen LogP contribution in [0, 0.1) is 18.8 Å². The third kappa shape index (κ3) is 7.93. The lowest BCUT2D eigenvalue weighted by Gasteiger charge is -2.23. The van der Waals surface area contributed by atoms with Crippen LogP contribution in [0.3, 0.4) is 0 Å². The van der Waals surface area contributed by atoms with Gasteiger partial charge in [-0.1, -0.05) is 23.1 Å². The summed E-state index contributed by atoms with van der Waals surface area (Å²) in [5.41, 5.74) is 2.80. The Kier molecular flexibility index (Phi) is 10.2.